The Morgan fingerprint density at radius 3 is 2.62 bits per heavy atom. The van der Waals surface area contributed by atoms with E-state index in [-0.39, 0.29) is 23.9 Å². The van der Waals surface area contributed by atoms with Crippen LogP contribution in [0.15, 0.2) is 28.7 Å². The van der Waals surface area contributed by atoms with Crippen molar-refractivity contribution in [3.63, 3.8) is 0 Å². The van der Waals surface area contributed by atoms with Crippen LogP contribution < -0.4 is 11.1 Å². The van der Waals surface area contributed by atoms with Gasteiger partial charge in [-0.3, -0.25) is 4.79 Å². The molecule has 1 rings (SSSR count). The molecule has 0 aliphatic heterocycles. The first-order valence-electron chi connectivity index (χ1n) is 4.71. The van der Waals surface area contributed by atoms with Crippen molar-refractivity contribution in [2.45, 2.75) is 19.4 Å². The first kappa shape index (κ1) is 15.4. The van der Waals surface area contributed by atoms with E-state index in [4.69, 9.17) is 5.73 Å². The first-order valence-corrected chi connectivity index (χ1v) is 5.50. The number of hydrogen-bond acceptors (Lipinski definition) is 2. The van der Waals surface area contributed by atoms with Gasteiger partial charge in [0, 0.05) is 22.1 Å². The average Bonchev–Trinajstić information content (AvgIpc) is 2.13. The zero-order chi connectivity index (χ0) is 11.5. The SMILES string of the molecule is CC(C)(N)CNC(=O)c1cccc(Br)c1.Cl. The molecule has 0 radical (unpaired) electrons. The fourth-order valence-electron chi connectivity index (χ4n) is 1.04. The highest BCUT2D eigenvalue weighted by atomic mass is 79.9. The van der Waals surface area contributed by atoms with Crippen molar-refractivity contribution in [3.8, 4) is 0 Å². The Morgan fingerprint density at radius 2 is 2.12 bits per heavy atom. The summed E-state index contributed by atoms with van der Waals surface area (Å²) < 4.78 is 0.891. The number of rotatable bonds is 3. The number of nitrogens with one attached hydrogen (secondary N) is 1. The van der Waals surface area contributed by atoms with Crippen molar-refractivity contribution in [2.75, 3.05) is 6.54 Å². The highest BCUT2D eigenvalue weighted by Gasteiger charge is 2.13. The maximum Gasteiger partial charge on any atom is 0.251 e. The molecule has 1 aromatic carbocycles. The summed E-state index contributed by atoms with van der Waals surface area (Å²) in [7, 11) is 0. The van der Waals surface area contributed by atoms with Crippen LogP contribution in [-0.4, -0.2) is 18.0 Å². The maximum atomic E-state index is 11.7. The molecule has 0 spiro atoms. The van der Waals surface area contributed by atoms with Crippen molar-refractivity contribution < 1.29 is 4.79 Å². The van der Waals surface area contributed by atoms with Gasteiger partial charge in [0.05, 0.1) is 0 Å². The topological polar surface area (TPSA) is 55.1 Å². The Balaban J connectivity index is 0.00000225. The number of carbonyl (C=O) groups is 1. The van der Waals surface area contributed by atoms with Crippen LogP contribution in [0.3, 0.4) is 0 Å². The van der Waals surface area contributed by atoms with Crippen LogP contribution >= 0.6 is 28.3 Å². The van der Waals surface area contributed by atoms with E-state index in [1.54, 1.807) is 12.1 Å². The van der Waals surface area contributed by atoms with Crippen molar-refractivity contribution in [3.05, 3.63) is 34.3 Å². The summed E-state index contributed by atoms with van der Waals surface area (Å²) >= 11 is 3.32. The van der Waals surface area contributed by atoms with Gasteiger partial charge < -0.3 is 11.1 Å². The maximum absolute atomic E-state index is 11.7. The van der Waals surface area contributed by atoms with E-state index in [1.165, 1.54) is 0 Å². The quantitative estimate of drug-likeness (QED) is 0.900. The minimum absolute atomic E-state index is 0. The second-order valence-electron chi connectivity index (χ2n) is 4.18. The number of amides is 1. The minimum atomic E-state index is -0.387. The molecule has 16 heavy (non-hydrogen) atoms. The van der Waals surface area contributed by atoms with E-state index in [2.05, 4.69) is 21.2 Å². The van der Waals surface area contributed by atoms with Gasteiger partial charge in [-0.15, -0.1) is 12.4 Å². The van der Waals surface area contributed by atoms with Gasteiger partial charge in [-0.1, -0.05) is 22.0 Å². The zero-order valence-corrected chi connectivity index (χ0v) is 11.7. The molecule has 3 N–H and O–H groups in total. The molecule has 0 aliphatic rings. The second kappa shape index (κ2) is 6.23. The molecule has 0 heterocycles. The fraction of sp³-hybridized carbons (Fsp3) is 0.364. The van der Waals surface area contributed by atoms with Gasteiger partial charge >= 0.3 is 0 Å². The van der Waals surface area contributed by atoms with Gasteiger partial charge in [0.2, 0.25) is 0 Å². The summed E-state index contributed by atoms with van der Waals surface area (Å²) in [5.41, 5.74) is 6.01. The van der Waals surface area contributed by atoms with Crippen molar-refractivity contribution >= 4 is 34.2 Å². The molecule has 0 bridgehead atoms. The van der Waals surface area contributed by atoms with Crippen LogP contribution in [0.4, 0.5) is 0 Å². The third kappa shape index (κ3) is 5.49. The lowest BCUT2D eigenvalue weighted by Crippen LogP contribution is -2.45. The van der Waals surface area contributed by atoms with Crippen LogP contribution in [0.5, 0.6) is 0 Å². The van der Waals surface area contributed by atoms with Gasteiger partial charge in [0.15, 0.2) is 0 Å². The lowest BCUT2D eigenvalue weighted by Gasteiger charge is -2.18. The van der Waals surface area contributed by atoms with E-state index in [1.807, 2.05) is 26.0 Å². The van der Waals surface area contributed by atoms with Crippen LogP contribution in [-0.2, 0) is 0 Å². The molecule has 1 aromatic rings. The molecule has 0 aliphatic carbocycles. The highest BCUT2D eigenvalue weighted by molar-refractivity contribution is 9.10. The molecule has 0 aromatic heterocycles. The van der Waals surface area contributed by atoms with E-state index in [9.17, 15) is 4.79 Å². The Kier molecular flexibility index (Phi) is 6.00. The molecular weight excluding hydrogens is 291 g/mol. The Bertz CT molecular complexity index is 363. The van der Waals surface area contributed by atoms with E-state index in [0.29, 0.717) is 12.1 Å². The molecule has 0 saturated carbocycles. The zero-order valence-electron chi connectivity index (χ0n) is 9.29. The van der Waals surface area contributed by atoms with Gasteiger partial charge in [-0.05, 0) is 32.0 Å². The van der Waals surface area contributed by atoms with Gasteiger partial charge in [-0.2, -0.15) is 0 Å². The third-order valence-electron chi connectivity index (χ3n) is 1.79. The summed E-state index contributed by atoms with van der Waals surface area (Å²) in [5, 5.41) is 2.78. The lowest BCUT2D eigenvalue weighted by atomic mass is 10.1. The van der Waals surface area contributed by atoms with E-state index in [0.717, 1.165) is 4.47 Å². The molecule has 5 heteroatoms. The molecule has 0 atom stereocenters. The Morgan fingerprint density at radius 1 is 1.50 bits per heavy atom. The summed E-state index contributed by atoms with van der Waals surface area (Å²) in [6.45, 7) is 4.20. The van der Waals surface area contributed by atoms with Crippen LogP contribution in [0.1, 0.15) is 24.2 Å². The molecular formula is C11H16BrClN2O. The normalized spacial score (nSPS) is 10.5. The molecule has 3 nitrogen and oxygen atoms in total. The van der Waals surface area contributed by atoms with Gasteiger partial charge in [-0.25, -0.2) is 0 Å². The summed E-state index contributed by atoms with van der Waals surface area (Å²) in [4.78, 5) is 11.7. The predicted molar refractivity (Wildman–Crippen MR) is 72.0 cm³/mol. The molecule has 0 fully saturated rings. The van der Waals surface area contributed by atoms with Crippen LogP contribution in [0, 0.1) is 0 Å². The predicted octanol–water partition coefficient (Wildman–Crippen LogP) is 2.34. The second-order valence-corrected chi connectivity index (χ2v) is 5.10. The van der Waals surface area contributed by atoms with E-state index >= 15 is 0 Å². The van der Waals surface area contributed by atoms with Crippen LogP contribution in [0.25, 0.3) is 0 Å². The number of halogens is 2. The first-order chi connectivity index (χ1) is 6.88. The van der Waals surface area contributed by atoms with Crippen molar-refractivity contribution in [2.24, 2.45) is 5.73 Å². The van der Waals surface area contributed by atoms with E-state index < -0.39 is 0 Å². The number of carbonyl (C=O) groups excluding carboxylic acids is 1. The third-order valence-corrected chi connectivity index (χ3v) is 2.28. The monoisotopic (exact) mass is 306 g/mol. The van der Waals surface area contributed by atoms with Crippen molar-refractivity contribution in [1.82, 2.24) is 5.32 Å². The number of benzene rings is 1. The smallest absolute Gasteiger partial charge is 0.251 e. The Hall–Kier alpha value is -0.580. The Labute approximate surface area is 110 Å². The largest absolute Gasteiger partial charge is 0.350 e. The van der Waals surface area contributed by atoms with Gasteiger partial charge in [0.1, 0.15) is 0 Å². The minimum Gasteiger partial charge on any atom is -0.350 e. The standard InChI is InChI=1S/C11H15BrN2O.ClH/c1-11(2,13)7-14-10(15)8-4-3-5-9(12)6-8;/h3-6H,7,13H2,1-2H3,(H,14,15);1H. The average molecular weight is 308 g/mol. The number of nitrogens with two attached hydrogens (primary N) is 1. The summed E-state index contributed by atoms with van der Waals surface area (Å²) in [5.74, 6) is -0.102. The molecule has 0 unspecified atom stereocenters. The molecule has 90 valence electrons. The van der Waals surface area contributed by atoms with Crippen molar-refractivity contribution in [1.29, 1.82) is 0 Å². The fourth-order valence-corrected chi connectivity index (χ4v) is 1.44. The van der Waals surface area contributed by atoms with Gasteiger partial charge in [0.25, 0.3) is 5.91 Å². The lowest BCUT2D eigenvalue weighted by molar-refractivity contribution is 0.0946. The summed E-state index contributed by atoms with van der Waals surface area (Å²) in [6.07, 6.45) is 0. The molecule has 1 amide bonds. The molecule has 0 saturated heterocycles. The number of hydrogen-bond donors (Lipinski definition) is 2. The van der Waals surface area contributed by atoms with Crippen LogP contribution in [0.2, 0.25) is 0 Å². The highest BCUT2D eigenvalue weighted by Crippen LogP contribution is 2.11. The summed E-state index contributed by atoms with van der Waals surface area (Å²) in [6, 6.07) is 7.25.